The number of thiazole rings is 1. The number of rotatable bonds is 6. The Morgan fingerprint density at radius 2 is 1.93 bits per heavy atom. The molecule has 1 fully saturated rings. The Kier molecular flexibility index (Phi) is 6.40. The number of hydrogen-bond donors (Lipinski definition) is 3. The molecule has 1 aromatic heterocycles. The predicted molar refractivity (Wildman–Crippen MR) is 120 cm³/mol. The number of carbonyl (C=O) groups excluding carboxylic acids is 2. The highest BCUT2D eigenvalue weighted by Gasteiger charge is 2.27. The minimum absolute atomic E-state index is 0.0171. The van der Waals surface area contributed by atoms with Gasteiger partial charge in [0, 0.05) is 36.6 Å². The van der Waals surface area contributed by atoms with Crippen LogP contribution in [0.15, 0.2) is 48.5 Å². The minimum Gasteiger partial charge on any atom is -0.352 e. The fourth-order valence-electron chi connectivity index (χ4n) is 3.95. The van der Waals surface area contributed by atoms with E-state index in [0.29, 0.717) is 30.3 Å². The van der Waals surface area contributed by atoms with E-state index >= 15 is 0 Å². The average molecular weight is 424 g/mol. The Morgan fingerprint density at radius 1 is 1.13 bits per heavy atom. The number of likely N-dealkylation sites (tertiary alicyclic amines) is 1. The molecule has 0 spiro atoms. The minimum atomic E-state index is -0.129. The number of fused-ring (bicyclic) bond motifs is 1. The first-order valence-electron chi connectivity index (χ1n) is 10.5. The van der Waals surface area contributed by atoms with Gasteiger partial charge in [-0.05, 0) is 37.3 Å². The second-order valence-corrected chi connectivity index (χ2v) is 8.77. The Labute approximate surface area is 180 Å². The summed E-state index contributed by atoms with van der Waals surface area (Å²) >= 11 is 1.80. The van der Waals surface area contributed by atoms with Crippen molar-refractivity contribution in [3.63, 3.8) is 0 Å². The summed E-state index contributed by atoms with van der Waals surface area (Å²) in [5, 5.41) is 6.94. The summed E-state index contributed by atoms with van der Waals surface area (Å²) in [6.07, 6.45) is 2.10. The maximum atomic E-state index is 12.5. The molecule has 1 aliphatic heterocycles. The maximum Gasteiger partial charge on any atom is 0.279 e. The first-order chi connectivity index (χ1) is 14.6. The van der Waals surface area contributed by atoms with Crippen molar-refractivity contribution >= 4 is 39.1 Å². The molecule has 0 atom stereocenters. The van der Waals surface area contributed by atoms with E-state index in [1.54, 1.807) is 29.5 Å². The SMILES string of the molecule is CCNC(=O)c1cccc(NC(=O)C[NH+]2CCC(c3nc4ccccc4s3)CC2)c1. The molecule has 1 saturated heterocycles. The molecular formula is C23H27N4O2S+. The van der Waals surface area contributed by atoms with Crippen LogP contribution in [0, 0.1) is 0 Å². The molecule has 6 nitrogen and oxygen atoms in total. The van der Waals surface area contributed by atoms with E-state index in [4.69, 9.17) is 4.98 Å². The number of nitrogens with zero attached hydrogens (tertiary/aromatic N) is 1. The lowest BCUT2D eigenvalue weighted by Crippen LogP contribution is -3.14. The van der Waals surface area contributed by atoms with E-state index in [0.717, 1.165) is 31.4 Å². The normalized spacial score (nSPS) is 18.8. The fourth-order valence-corrected chi connectivity index (χ4v) is 5.08. The third-order valence-electron chi connectivity index (χ3n) is 5.51. The van der Waals surface area contributed by atoms with Crippen molar-refractivity contribution in [2.45, 2.75) is 25.7 Å². The molecule has 3 aromatic rings. The molecular weight excluding hydrogens is 396 g/mol. The number of anilines is 1. The molecule has 0 radical (unpaired) electrons. The molecule has 7 heteroatoms. The predicted octanol–water partition coefficient (Wildman–Crippen LogP) is 2.45. The molecule has 0 saturated carbocycles. The molecule has 156 valence electrons. The van der Waals surface area contributed by atoms with Crippen LogP contribution in [0.25, 0.3) is 10.2 Å². The topological polar surface area (TPSA) is 75.5 Å². The average Bonchev–Trinajstić information content (AvgIpc) is 3.19. The lowest BCUT2D eigenvalue weighted by molar-refractivity contribution is -0.897. The zero-order chi connectivity index (χ0) is 20.9. The highest BCUT2D eigenvalue weighted by atomic mass is 32.1. The summed E-state index contributed by atoms with van der Waals surface area (Å²) in [6, 6.07) is 15.4. The summed E-state index contributed by atoms with van der Waals surface area (Å²) in [5.41, 5.74) is 2.30. The summed E-state index contributed by atoms with van der Waals surface area (Å²) in [5.74, 6) is 0.343. The number of amides is 2. The lowest BCUT2D eigenvalue weighted by Gasteiger charge is -2.27. The third-order valence-corrected chi connectivity index (χ3v) is 6.71. The van der Waals surface area contributed by atoms with Crippen LogP contribution in [-0.4, -0.2) is 43.0 Å². The number of piperidine rings is 1. The van der Waals surface area contributed by atoms with Crippen LogP contribution in [0.1, 0.15) is 41.0 Å². The molecule has 2 aromatic carbocycles. The van der Waals surface area contributed by atoms with Crippen LogP contribution in [0.5, 0.6) is 0 Å². The summed E-state index contributed by atoms with van der Waals surface area (Å²) < 4.78 is 1.25. The zero-order valence-electron chi connectivity index (χ0n) is 17.1. The zero-order valence-corrected chi connectivity index (χ0v) is 17.9. The third kappa shape index (κ3) is 4.86. The van der Waals surface area contributed by atoms with Gasteiger partial charge in [-0.2, -0.15) is 0 Å². The van der Waals surface area contributed by atoms with Crippen LogP contribution in [0.3, 0.4) is 0 Å². The number of aromatic nitrogens is 1. The Morgan fingerprint density at radius 3 is 2.70 bits per heavy atom. The second-order valence-electron chi connectivity index (χ2n) is 7.71. The molecule has 2 heterocycles. The number of para-hydroxylation sites is 1. The van der Waals surface area contributed by atoms with E-state index in [1.807, 2.05) is 19.1 Å². The van der Waals surface area contributed by atoms with Gasteiger partial charge < -0.3 is 15.5 Å². The standard InChI is InChI=1S/C23H26N4O2S/c1-2-24-22(29)17-6-5-7-18(14-17)25-21(28)15-27-12-10-16(11-13-27)23-26-19-8-3-4-9-20(19)30-23/h3-9,14,16H,2,10-13,15H2,1H3,(H,24,29)(H,25,28)/p+1. The number of carbonyl (C=O) groups is 2. The van der Waals surface area contributed by atoms with E-state index in [1.165, 1.54) is 14.6 Å². The van der Waals surface area contributed by atoms with Gasteiger partial charge in [-0.15, -0.1) is 11.3 Å². The van der Waals surface area contributed by atoms with Crippen molar-refractivity contribution in [2.24, 2.45) is 0 Å². The van der Waals surface area contributed by atoms with Crippen molar-refractivity contribution in [2.75, 3.05) is 31.5 Å². The maximum absolute atomic E-state index is 12.5. The Hall–Kier alpha value is -2.77. The van der Waals surface area contributed by atoms with Crippen LogP contribution in [0.2, 0.25) is 0 Å². The molecule has 0 aliphatic carbocycles. The highest BCUT2D eigenvalue weighted by Crippen LogP contribution is 2.31. The first-order valence-corrected chi connectivity index (χ1v) is 11.3. The van der Waals surface area contributed by atoms with Gasteiger partial charge >= 0.3 is 0 Å². The summed E-state index contributed by atoms with van der Waals surface area (Å²) in [7, 11) is 0. The number of hydrogen-bond acceptors (Lipinski definition) is 4. The van der Waals surface area contributed by atoms with Gasteiger partial charge in [-0.25, -0.2) is 4.98 Å². The molecule has 30 heavy (non-hydrogen) atoms. The Bertz CT molecular complexity index is 1010. The summed E-state index contributed by atoms with van der Waals surface area (Å²) in [4.78, 5) is 30.6. The van der Waals surface area contributed by atoms with E-state index in [-0.39, 0.29) is 11.8 Å². The van der Waals surface area contributed by atoms with Gasteiger partial charge in [0.1, 0.15) is 0 Å². The molecule has 4 rings (SSSR count). The number of benzene rings is 2. The summed E-state index contributed by atoms with van der Waals surface area (Å²) in [6.45, 7) is 4.83. The van der Waals surface area contributed by atoms with Crippen molar-refractivity contribution in [1.29, 1.82) is 0 Å². The van der Waals surface area contributed by atoms with Gasteiger partial charge in [0.2, 0.25) is 0 Å². The largest absolute Gasteiger partial charge is 0.352 e. The molecule has 0 bridgehead atoms. The number of nitrogens with one attached hydrogen (secondary N) is 3. The first kappa shape index (κ1) is 20.5. The van der Waals surface area contributed by atoms with Gasteiger partial charge in [-0.3, -0.25) is 9.59 Å². The fraction of sp³-hybridized carbons (Fsp3) is 0.348. The van der Waals surface area contributed by atoms with Crippen molar-refractivity contribution in [3.8, 4) is 0 Å². The van der Waals surface area contributed by atoms with Crippen LogP contribution < -0.4 is 15.5 Å². The van der Waals surface area contributed by atoms with Gasteiger partial charge in [0.05, 0.1) is 28.3 Å². The molecule has 0 unspecified atom stereocenters. The van der Waals surface area contributed by atoms with Crippen molar-refractivity contribution in [1.82, 2.24) is 10.3 Å². The lowest BCUT2D eigenvalue weighted by atomic mass is 9.97. The monoisotopic (exact) mass is 423 g/mol. The van der Waals surface area contributed by atoms with E-state index in [2.05, 4.69) is 28.8 Å². The van der Waals surface area contributed by atoms with Gasteiger partial charge in [-0.1, -0.05) is 18.2 Å². The van der Waals surface area contributed by atoms with E-state index in [9.17, 15) is 9.59 Å². The van der Waals surface area contributed by atoms with Gasteiger partial charge in [0.15, 0.2) is 6.54 Å². The molecule has 2 amide bonds. The molecule has 3 N–H and O–H groups in total. The second kappa shape index (κ2) is 9.36. The highest BCUT2D eigenvalue weighted by molar-refractivity contribution is 7.18. The van der Waals surface area contributed by atoms with Crippen molar-refractivity contribution in [3.05, 3.63) is 59.1 Å². The quantitative estimate of drug-likeness (QED) is 0.570. The smallest absolute Gasteiger partial charge is 0.279 e. The van der Waals surface area contributed by atoms with Crippen LogP contribution >= 0.6 is 11.3 Å². The van der Waals surface area contributed by atoms with Crippen molar-refractivity contribution < 1.29 is 14.5 Å². The molecule has 1 aliphatic rings. The van der Waals surface area contributed by atoms with Crippen LogP contribution in [-0.2, 0) is 4.79 Å². The number of quaternary nitrogens is 1. The van der Waals surface area contributed by atoms with Gasteiger partial charge in [0.25, 0.3) is 11.8 Å². The van der Waals surface area contributed by atoms with Crippen LogP contribution in [0.4, 0.5) is 5.69 Å². The Balaban J connectivity index is 1.29. The van der Waals surface area contributed by atoms with E-state index < -0.39 is 0 Å².